The van der Waals surface area contributed by atoms with Crippen molar-refractivity contribution >= 4 is 24.1 Å². The van der Waals surface area contributed by atoms with Crippen molar-refractivity contribution in [1.82, 2.24) is 0 Å². The van der Waals surface area contributed by atoms with Gasteiger partial charge >= 0.3 is 101 Å². The molecule has 0 saturated heterocycles. The Morgan fingerprint density at radius 1 is 0.647 bits per heavy atom. The summed E-state index contributed by atoms with van der Waals surface area (Å²) >= 11 is -1.29. The molecule has 0 spiro atoms. The summed E-state index contributed by atoms with van der Waals surface area (Å²) in [4.78, 5) is 0. The molecule has 0 amide bonds. The van der Waals surface area contributed by atoms with Crippen LogP contribution in [0.25, 0.3) is 0 Å². The van der Waals surface area contributed by atoms with Crippen molar-refractivity contribution in [3.63, 3.8) is 0 Å². The quantitative estimate of drug-likeness (QED) is 0.568. The van der Waals surface area contributed by atoms with Crippen LogP contribution >= 0.6 is 0 Å². The first-order chi connectivity index (χ1) is 8.09. The average Bonchev–Trinajstić information content (AvgIpc) is 2.27. The summed E-state index contributed by atoms with van der Waals surface area (Å²) in [7, 11) is 0. The Bertz CT molecular complexity index is 470. The summed E-state index contributed by atoms with van der Waals surface area (Å²) in [6, 6.07) is 6.72. The van der Waals surface area contributed by atoms with E-state index in [1.807, 2.05) is 0 Å². The molecule has 0 heterocycles. The molecule has 0 saturated carbocycles. The minimum absolute atomic E-state index is 0. The second-order valence-electron chi connectivity index (χ2n) is 3.42. The van der Waals surface area contributed by atoms with Crippen LogP contribution < -0.4 is 8.85 Å². The fraction of sp³-hybridized carbons (Fsp3) is 0. The molecule has 0 N–H and O–H groups in total. The molecule has 0 aliphatic carbocycles. The Balaban J connectivity index is 0.00000162. The SMILES string of the molecule is Fc1cccc(F)[c]1[Al+][c]1c(F)cccc1F.[H-]. The number of benzene rings is 2. The third-order valence-electron chi connectivity index (χ3n) is 2.29. The molecule has 0 fully saturated rings. The maximum atomic E-state index is 13.3. The average molecular weight is 254 g/mol. The molecular formula is C12H7AlF4. The van der Waals surface area contributed by atoms with Gasteiger partial charge in [0.2, 0.25) is 0 Å². The first-order valence-electron chi connectivity index (χ1n) is 4.82. The monoisotopic (exact) mass is 254 g/mol. The smallest absolute Gasteiger partial charge is 1.00 e. The molecule has 5 heteroatoms. The largest absolute Gasteiger partial charge is 1.00 e. The Morgan fingerprint density at radius 3 is 1.24 bits per heavy atom. The van der Waals surface area contributed by atoms with Gasteiger partial charge in [-0.05, 0) is 0 Å². The van der Waals surface area contributed by atoms with Gasteiger partial charge in [0.15, 0.2) is 0 Å². The number of halogens is 4. The predicted octanol–water partition coefficient (Wildman–Crippen LogP) is 2.01. The molecule has 0 aliphatic rings. The van der Waals surface area contributed by atoms with Crippen LogP contribution in [0, 0.1) is 23.3 Å². The van der Waals surface area contributed by atoms with Crippen molar-refractivity contribution in [2.45, 2.75) is 0 Å². The van der Waals surface area contributed by atoms with Crippen molar-refractivity contribution in [2.24, 2.45) is 0 Å². The topological polar surface area (TPSA) is 0 Å². The number of hydrogen-bond donors (Lipinski definition) is 0. The maximum Gasteiger partial charge on any atom is -1.00 e. The second-order valence-corrected chi connectivity index (χ2v) is 4.86. The van der Waals surface area contributed by atoms with Crippen LogP contribution in [-0.2, 0) is 0 Å². The predicted molar refractivity (Wildman–Crippen MR) is 58.9 cm³/mol. The third kappa shape index (κ3) is 2.51. The molecule has 0 bridgehead atoms. The first-order valence-corrected chi connectivity index (χ1v) is 5.98. The molecule has 86 valence electrons. The van der Waals surface area contributed by atoms with Crippen molar-refractivity contribution in [2.75, 3.05) is 0 Å². The Hall–Kier alpha value is -1.31. The van der Waals surface area contributed by atoms with E-state index in [9.17, 15) is 17.6 Å². The van der Waals surface area contributed by atoms with Crippen LogP contribution in [0.5, 0.6) is 0 Å². The van der Waals surface area contributed by atoms with Crippen LogP contribution in [0.15, 0.2) is 36.4 Å². The summed E-state index contributed by atoms with van der Waals surface area (Å²) in [5, 5.41) is 0. The van der Waals surface area contributed by atoms with Crippen molar-refractivity contribution in [3.8, 4) is 0 Å². The van der Waals surface area contributed by atoms with Crippen LogP contribution in [-0.4, -0.2) is 15.2 Å². The fourth-order valence-electron chi connectivity index (χ4n) is 1.44. The van der Waals surface area contributed by atoms with E-state index in [4.69, 9.17) is 0 Å². The van der Waals surface area contributed by atoms with Crippen molar-refractivity contribution < 1.29 is 19.0 Å². The Kier molecular flexibility index (Phi) is 3.51. The molecule has 0 radical (unpaired) electrons. The van der Waals surface area contributed by atoms with Crippen LogP contribution in [0.1, 0.15) is 1.43 Å². The van der Waals surface area contributed by atoms with Gasteiger partial charge in [-0.15, -0.1) is 0 Å². The normalized spacial score (nSPS) is 10.1. The molecule has 0 unspecified atom stereocenters. The van der Waals surface area contributed by atoms with Crippen molar-refractivity contribution in [3.05, 3.63) is 59.7 Å². The number of rotatable bonds is 2. The first kappa shape index (κ1) is 12.2. The van der Waals surface area contributed by atoms with Crippen molar-refractivity contribution in [1.29, 1.82) is 0 Å². The Labute approximate surface area is 103 Å². The van der Waals surface area contributed by atoms with Crippen LogP contribution in [0.2, 0.25) is 0 Å². The molecule has 0 atom stereocenters. The van der Waals surface area contributed by atoms with Crippen LogP contribution in [0.4, 0.5) is 17.6 Å². The minimum atomic E-state index is -1.29. The third-order valence-corrected chi connectivity index (χ3v) is 3.97. The van der Waals surface area contributed by atoms with Gasteiger partial charge in [0.1, 0.15) is 0 Å². The summed E-state index contributed by atoms with van der Waals surface area (Å²) < 4.78 is 52.8. The summed E-state index contributed by atoms with van der Waals surface area (Å²) in [6.45, 7) is 0. The van der Waals surface area contributed by atoms with E-state index in [0.29, 0.717) is 0 Å². The van der Waals surface area contributed by atoms with Gasteiger partial charge in [-0.3, -0.25) is 0 Å². The van der Waals surface area contributed by atoms with E-state index in [1.54, 1.807) is 0 Å². The molecule has 0 aromatic heterocycles. The van der Waals surface area contributed by atoms with E-state index >= 15 is 0 Å². The molecular weight excluding hydrogens is 247 g/mol. The van der Waals surface area contributed by atoms with Gasteiger partial charge in [0.05, 0.1) is 0 Å². The van der Waals surface area contributed by atoms with Gasteiger partial charge < -0.3 is 1.43 Å². The van der Waals surface area contributed by atoms with Gasteiger partial charge in [-0.1, -0.05) is 0 Å². The van der Waals surface area contributed by atoms with E-state index in [2.05, 4.69) is 0 Å². The second kappa shape index (κ2) is 4.91. The van der Waals surface area contributed by atoms with Gasteiger partial charge in [0, 0.05) is 0 Å². The molecule has 0 nitrogen and oxygen atoms in total. The van der Waals surface area contributed by atoms with E-state index in [0.717, 1.165) is 24.3 Å². The van der Waals surface area contributed by atoms with E-state index in [-0.39, 0.29) is 10.3 Å². The molecule has 0 aliphatic heterocycles. The standard InChI is InChI=1S/2C6H3F2.Al.H/c2*7-5-2-1-3-6(8)4-5;;/h2*1-3H;;/q;;+1;-1. The zero-order chi connectivity index (χ0) is 12.4. The van der Waals surface area contributed by atoms with Gasteiger partial charge in [0.25, 0.3) is 0 Å². The summed E-state index contributed by atoms with van der Waals surface area (Å²) in [6.07, 6.45) is 0. The summed E-state index contributed by atoms with van der Waals surface area (Å²) in [5.74, 6) is -3.10. The molecule has 2 rings (SSSR count). The zero-order valence-electron chi connectivity index (χ0n) is 9.55. The fourth-order valence-corrected chi connectivity index (χ4v) is 2.67. The van der Waals surface area contributed by atoms with Gasteiger partial charge in [-0.25, -0.2) is 0 Å². The minimum Gasteiger partial charge on any atom is -1.00 e. The summed E-state index contributed by atoms with van der Waals surface area (Å²) in [5.41, 5.74) is 0. The van der Waals surface area contributed by atoms with E-state index < -0.39 is 38.5 Å². The zero-order valence-corrected chi connectivity index (χ0v) is 9.71. The van der Waals surface area contributed by atoms with Gasteiger partial charge in [-0.2, -0.15) is 0 Å². The molecule has 2 aromatic rings. The maximum absolute atomic E-state index is 13.3. The van der Waals surface area contributed by atoms with E-state index in [1.165, 1.54) is 12.1 Å². The molecule has 2 aromatic carbocycles. The number of hydrogen-bond acceptors (Lipinski definition) is 0. The molecule has 17 heavy (non-hydrogen) atoms. The Morgan fingerprint density at radius 2 is 0.941 bits per heavy atom. The van der Waals surface area contributed by atoms with Crippen LogP contribution in [0.3, 0.4) is 0 Å².